The zero-order valence-electron chi connectivity index (χ0n) is 16.8. The standard InChI is InChI=1S/C23H28BrNO4/c1-26-22-13-17(14-25-18-5-3-2-4-6-18)11-19(24)23(22)29-15-16-7-8-20-21(12-16)28-10-9-27-20/h7-8,11-13,18,25H,2-6,9-10,14-15H2,1H3. The summed E-state index contributed by atoms with van der Waals surface area (Å²) < 4.78 is 23.8. The summed E-state index contributed by atoms with van der Waals surface area (Å²) in [6.45, 7) is 2.43. The maximum Gasteiger partial charge on any atom is 0.175 e. The van der Waals surface area contributed by atoms with E-state index in [9.17, 15) is 0 Å². The first-order valence-electron chi connectivity index (χ1n) is 10.3. The Bertz CT molecular complexity index is 836. The molecule has 2 aromatic rings. The molecule has 2 aliphatic rings. The highest BCUT2D eigenvalue weighted by molar-refractivity contribution is 9.10. The molecule has 5 nitrogen and oxygen atoms in total. The minimum atomic E-state index is 0.422. The smallest absolute Gasteiger partial charge is 0.175 e. The van der Waals surface area contributed by atoms with Crippen LogP contribution in [0.25, 0.3) is 0 Å². The lowest BCUT2D eigenvalue weighted by molar-refractivity contribution is 0.171. The molecular formula is C23H28BrNO4. The number of ether oxygens (including phenoxy) is 4. The van der Waals surface area contributed by atoms with Gasteiger partial charge < -0.3 is 24.3 Å². The molecule has 0 bridgehead atoms. The zero-order valence-corrected chi connectivity index (χ0v) is 18.4. The van der Waals surface area contributed by atoms with Gasteiger partial charge in [-0.25, -0.2) is 0 Å². The fourth-order valence-electron chi connectivity index (χ4n) is 3.92. The molecule has 1 fully saturated rings. The van der Waals surface area contributed by atoms with Crippen LogP contribution < -0.4 is 24.3 Å². The van der Waals surface area contributed by atoms with E-state index in [-0.39, 0.29) is 0 Å². The first kappa shape index (κ1) is 20.4. The van der Waals surface area contributed by atoms with Crippen molar-refractivity contribution in [3.8, 4) is 23.0 Å². The van der Waals surface area contributed by atoms with Crippen LogP contribution in [-0.4, -0.2) is 26.4 Å². The van der Waals surface area contributed by atoms with Gasteiger partial charge in [-0.2, -0.15) is 0 Å². The number of nitrogens with one attached hydrogen (secondary N) is 1. The third-order valence-corrected chi connectivity index (χ3v) is 6.07. The van der Waals surface area contributed by atoms with Gasteiger partial charge in [0, 0.05) is 12.6 Å². The van der Waals surface area contributed by atoms with Crippen molar-refractivity contribution in [1.29, 1.82) is 0 Å². The second kappa shape index (κ2) is 9.72. The van der Waals surface area contributed by atoms with Gasteiger partial charge in [-0.3, -0.25) is 0 Å². The van der Waals surface area contributed by atoms with E-state index in [1.165, 1.54) is 37.7 Å². The van der Waals surface area contributed by atoms with Crippen LogP contribution in [0.4, 0.5) is 0 Å². The Morgan fingerprint density at radius 3 is 2.59 bits per heavy atom. The Hall–Kier alpha value is -1.92. The van der Waals surface area contributed by atoms with Gasteiger partial charge in [0.2, 0.25) is 0 Å². The summed E-state index contributed by atoms with van der Waals surface area (Å²) in [5, 5.41) is 3.68. The molecule has 6 heteroatoms. The largest absolute Gasteiger partial charge is 0.493 e. The van der Waals surface area contributed by atoms with Gasteiger partial charge in [0.15, 0.2) is 23.0 Å². The lowest BCUT2D eigenvalue weighted by Crippen LogP contribution is -2.30. The topological polar surface area (TPSA) is 49.0 Å². The average Bonchev–Trinajstić information content (AvgIpc) is 2.77. The summed E-state index contributed by atoms with van der Waals surface area (Å²) in [6, 6.07) is 10.7. The number of methoxy groups -OCH3 is 1. The maximum atomic E-state index is 6.10. The van der Waals surface area contributed by atoms with E-state index >= 15 is 0 Å². The number of hydrogen-bond donors (Lipinski definition) is 1. The van der Waals surface area contributed by atoms with Gasteiger partial charge in [0.25, 0.3) is 0 Å². The maximum absolute atomic E-state index is 6.10. The second-order valence-electron chi connectivity index (χ2n) is 7.59. The van der Waals surface area contributed by atoms with Crippen LogP contribution in [0.3, 0.4) is 0 Å². The molecule has 2 aromatic carbocycles. The van der Waals surface area contributed by atoms with Gasteiger partial charge in [0.1, 0.15) is 19.8 Å². The van der Waals surface area contributed by atoms with Crippen molar-refractivity contribution in [1.82, 2.24) is 5.32 Å². The van der Waals surface area contributed by atoms with Gasteiger partial charge in [-0.15, -0.1) is 0 Å². The summed E-state index contributed by atoms with van der Waals surface area (Å²) in [6.07, 6.45) is 6.58. The predicted octanol–water partition coefficient (Wildman–Crippen LogP) is 5.23. The van der Waals surface area contributed by atoms with Crippen molar-refractivity contribution in [3.63, 3.8) is 0 Å². The fourth-order valence-corrected chi connectivity index (χ4v) is 4.52. The van der Waals surface area contributed by atoms with Crippen LogP contribution in [0.2, 0.25) is 0 Å². The Balaban J connectivity index is 1.41. The normalized spacial score (nSPS) is 16.5. The van der Waals surface area contributed by atoms with E-state index in [4.69, 9.17) is 18.9 Å². The van der Waals surface area contributed by atoms with E-state index in [0.29, 0.717) is 31.6 Å². The Morgan fingerprint density at radius 1 is 1.00 bits per heavy atom. The minimum Gasteiger partial charge on any atom is -0.493 e. The van der Waals surface area contributed by atoms with Crippen molar-refractivity contribution >= 4 is 15.9 Å². The molecule has 1 aliphatic heterocycles. The average molecular weight is 462 g/mol. The van der Waals surface area contributed by atoms with Crippen LogP contribution in [-0.2, 0) is 13.2 Å². The number of fused-ring (bicyclic) bond motifs is 1. The molecule has 0 amide bonds. The first-order chi connectivity index (χ1) is 14.2. The Morgan fingerprint density at radius 2 is 1.79 bits per heavy atom. The first-order valence-corrected chi connectivity index (χ1v) is 11.1. The molecule has 4 rings (SSSR count). The van der Waals surface area contributed by atoms with Crippen LogP contribution in [0.15, 0.2) is 34.8 Å². The van der Waals surface area contributed by atoms with Gasteiger partial charge in [0.05, 0.1) is 11.6 Å². The monoisotopic (exact) mass is 461 g/mol. The molecule has 0 atom stereocenters. The van der Waals surface area contributed by atoms with E-state index in [1.807, 2.05) is 18.2 Å². The van der Waals surface area contributed by atoms with Crippen LogP contribution >= 0.6 is 15.9 Å². The number of benzene rings is 2. The van der Waals surface area contributed by atoms with Crippen LogP contribution in [0.1, 0.15) is 43.2 Å². The van der Waals surface area contributed by atoms with Crippen LogP contribution in [0, 0.1) is 0 Å². The third kappa shape index (κ3) is 5.17. The molecule has 29 heavy (non-hydrogen) atoms. The number of rotatable bonds is 7. The van der Waals surface area contributed by atoms with Gasteiger partial charge >= 0.3 is 0 Å². The van der Waals surface area contributed by atoms with Crippen molar-refractivity contribution in [2.75, 3.05) is 20.3 Å². The molecule has 156 valence electrons. The molecule has 1 saturated carbocycles. The number of halogens is 1. The van der Waals surface area contributed by atoms with Gasteiger partial charge in [-0.1, -0.05) is 25.3 Å². The quantitative estimate of drug-likeness (QED) is 0.611. The Kier molecular flexibility index (Phi) is 6.82. The van der Waals surface area contributed by atoms with Crippen molar-refractivity contribution in [2.45, 2.75) is 51.3 Å². The molecule has 0 spiro atoms. The molecule has 0 unspecified atom stereocenters. The summed E-state index contributed by atoms with van der Waals surface area (Å²) in [5.74, 6) is 3.00. The molecule has 0 radical (unpaired) electrons. The second-order valence-corrected chi connectivity index (χ2v) is 8.45. The van der Waals surface area contributed by atoms with E-state index in [1.54, 1.807) is 7.11 Å². The number of hydrogen-bond acceptors (Lipinski definition) is 5. The van der Waals surface area contributed by atoms with Gasteiger partial charge in [-0.05, 0) is 64.2 Å². The van der Waals surface area contributed by atoms with Crippen LogP contribution in [0.5, 0.6) is 23.0 Å². The molecular weight excluding hydrogens is 434 g/mol. The fraction of sp³-hybridized carbons (Fsp3) is 0.478. The van der Waals surface area contributed by atoms with Crippen molar-refractivity contribution in [2.24, 2.45) is 0 Å². The third-order valence-electron chi connectivity index (χ3n) is 5.48. The molecule has 1 aliphatic carbocycles. The SMILES string of the molecule is COc1cc(CNC2CCCCC2)cc(Br)c1OCc1ccc2c(c1)OCCO2. The summed E-state index contributed by atoms with van der Waals surface area (Å²) in [4.78, 5) is 0. The summed E-state index contributed by atoms with van der Waals surface area (Å²) >= 11 is 3.66. The highest BCUT2D eigenvalue weighted by Crippen LogP contribution is 2.38. The Labute approximate surface area is 180 Å². The zero-order chi connectivity index (χ0) is 20.1. The highest BCUT2D eigenvalue weighted by atomic mass is 79.9. The minimum absolute atomic E-state index is 0.422. The van der Waals surface area contributed by atoms with Crippen molar-refractivity contribution < 1.29 is 18.9 Å². The van der Waals surface area contributed by atoms with E-state index in [2.05, 4.69) is 33.4 Å². The lowest BCUT2D eigenvalue weighted by Gasteiger charge is -2.23. The van der Waals surface area contributed by atoms with Crippen molar-refractivity contribution in [3.05, 3.63) is 45.9 Å². The highest BCUT2D eigenvalue weighted by Gasteiger charge is 2.16. The van der Waals surface area contributed by atoms with E-state index < -0.39 is 0 Å². The molecule has 1 heterocycles. The lowest BCUT2D eigenvalue weighted by atomic mass is 9.95. The predicted molar refractivity (Wildman–Crippen MR) is 116 cm³/mol. The van der Waals surface area contributed by atoms with E-state index in [0.717, 1.165) is 33.8 Å². The summed E-state index contributed by atoms with van der Waals surface area (Å²) in [7, 11) is 1.68. The molecule has 0 aromatic heterocycles. The molecule has 1 N–H and O–H groups in total. The molecule has 0 saturated heterocycles. The summed E-state index contributed by atoms with van der Waals surface area (Å²) in [5.41, 5.74) is 2.21.